The van der Waals surface area contributed by atoms with Gasteiger partial charge in [0.1, 0.15) is 5.82 Å². The van der Waals surface area contributed by atoms with E-state index in [4.69, 9.17) is 5.41 Å². The summed E-state index contributed by atoms with van der Waals surface area (Å²) in [4.78, 5) is 5.45. The molecule has 0 bridgehead atoms. The van der Waals surface area contributed by atoms with Crippen molar-refractivity contribution in [3.8, 4) is 0 Å². The summed E-state index contributed by atoms with van der Waals surface area (Å²) in [7, 11) is 0. The standard InChI is InChI=1S/C10H16N4/c1-4-6-12-9-13-10(3)14(8-11)7-5-2/h4-9,11H,3H2,1-2H3,(H,12,13)/b6-4-,7-5-,11-8?. The van der Waals surface area contributed by atoms with Gasteiger partial charge in [-0.15, -0.1) is 0 Å². The molecule has 0 rings (SSSR count). The molecule has 0 aliphatic rings. The van der Waals surface area contributed by atoms with Crippen LogP contribution in [0.4, 0.5) is 0 Å². The molecule has 0 spiro atoms. The Morgan fingerprint density at radius 1 is 1.43 bits per heavy atom. The number of aliphatic imine (C=N–C) groups is 1. The minimum atomic E-state index is 0.575. The Labute approximate surface area is 84.8 Å². The fourth-order valence-electron chi connectivity index (χ4n) is 0.687. The highest BCUT2D eigenvalue weighted by Crippen LogP contribution is 1.93. The lowest BCUT2D eigenvalue weighted by atomic mass is 10.6. The van der Waals surface area contributed by atoms with Crippen molar-refractivity contribution in [1.82, 2.24) is 10.2 Å². The fraction of sp³-hybridized carbons (Fsp3) is 0.200. The highest BCUT2D eigenvalue weighted by molar-refractivity contribution is 5.62. The second kappa shape index (κ2) is 7.79. The summed E-state index contributed by atoms with van der Waals surface area (Å²) in [6.07, 6.45) is 9.71. The molecule has 0 saturated carbocycles. The van der Waals surface area contributed by atoms with Crippen LogP contribution in [0, 0.1) is 5.41 Å². The lowest BCUT2D eigenvalue weighted by Gasteiger charge is -2.15. The normalized spacial score (nSPS) is 11.3. The van der Waals surface area contributed by atoms with E-state index in [-0.39, 0.29) is 0 Å². The Balaban J connectivity index is 4.11. The quantitative estimate of drug-likeness (QED) is 0.500. The van der Waals surface area contributed by atoms with E-state index in [2.05, 4.69) is 16.9 Å². The minimum Gasteiger partial charge on any atom is -0.333 e. The van der Waals surface area contributed by atoms with Crippen LogP contribution in [-0.2, 0) is 0 Å². The Hall–Kier alpha value is -1.84. The lowest BCUT2D eigenvalue weighted by molar-refractivity contribution is 0.668. The van der Waals surface area contributed by atoms with Crippen LogP contribution in [0.15, 0.2) is 41.9 Å². The monoisotopic (exact) mass is 192 g/mol. The summed E-state index contributed by atoms with van der Waals surface area (Å²) in [6, 6.07) is 0. The molecule has 0 aliphatic heterocycles. The second-order valence-corrected chi connectivity index (χ2v) is 2.37. The van der Waals surface area contributed by atoms with E-state index in [1.807, 2.05) is 26.0 Å². The summed E-state index contributed by atoms with van der Waals surface area (Å²) in [5.41, 5.74) is 0. The highest BCUT2D eigenvalue weighted by atomic mass is 15.2. The van der Waals surface area contributed by atoms with E-state index in [9.17, 15) is 0 Å². The van der Waals surface area contributed by atoms with Crippen molar-refractivity contribution in [2.75, 3.05) is 0 Å². The van der Waals surface area contributed by atoms with E-state index in [1.54, 1.807) is 17.3 Å². The van der Waals surface area contributed by atoms with Crippen molar-refractivity contribution in [2.24, 2.45) is 4.99 Å². The zero-order chi connectivity index (χ0) is 10.8. The zero-order valence-corrected chi connectivity index (χ0v) is 8.57. The first-order chi connectivity index (χ1) is 6.76. The zero-order valence-electron chi connectivity index (χ0n) is 8.57. The van der Waals surface area contributed by atoms with Gasteiger partial charge in [-0.2, -0.15) is 0 Å². The van der Waals surface area contributed by atoms with Gasteiger partial charge in [-0.25, -0.2) is 4.99 Å². The predicted octanol–water partition coefficient (Wildman–Crippen LogP) is 2.05. The molecule has 0 radical (unpaired) electrons. The average molecular weight is 192 g/mol. The smallest absolute Gasteiger partial charge is 0.108 e. The van der Waals surface area contributed by atoms with Gasteiger partial charge >= 0.3 is 0 Å². The van der Waals surface area contributed by atoms with E-state index < -0.39 is 0 Å². The maximum absolute atomic E-state index is 7.10. The first-order valence-corrected chi connectivity index (χ1v) is 4.26. The lowest BCUT2D eigenvalue weighted by Crippen LogP contribution is -2.24. The number of allylic oxidation sites excluding steroid dienone is 2. The highest BCUT2D eigenvalue weighted by Gasteiger charge is 1.96. The third-order valence-electron chi connectivity index (χ3n) is 1.30. The van der Waals surface area contributed by atoms with Gasteiger partial charge in [0, 0.05) is 12.4 Å². The molecular formula is C10H16N4. The Morgan fingerprint density at radius 3 is 2.64 bits per heavy atom. The Morgan fingerprint density at radius 2 is 2.14 bits per heavy atom. The number of nitrogens with zero attached hydrogens (tertiary/aromatic N) is 2. The summed E-state index contributed by atoms with van der Waals surface area (Å²) >= 11 is 0. The van der Waals surface area contributed by atoms with Crippen LogP contribution in [0.3, 0.4) is 0 Å². The van der Waals surface area contributed by atoms with Crippen LogP contribution < -0.4 is 5.32 Å². The van der Waals surface area contributed by atoms with E-state index in [0.29, 0.717) is 5.82 Å². The topological polar surface area (TPSA) is 51.5 Å². The molecule has 2 N–H and O–H groups in total. The first-order valence-electron chi connectivity index (χ1n) is 4.26. The van der Waals surface area contributed by atoms with Crippen molar-refractivity contribution < 1.29 is 0 Å². The third-order valence-corrected chi connectivity index (χ3v) is 1.30. The molecule has 0 atom stereocenters. The molecule has 0 aromatic rings. The second-order valence-electron chi connectivity index (χ2n) is 2.37. The largest absolute Gasteiger partial charge is 0.333 e. The summed E-state index contributed by atoms with van der Waals surface area (Å²) in [5.74, 6) is 0.575. The summed E-state index contributed by atoms with van der Waals surface area (Å²) in [6.45, 7) is 7.50. The van der Waals surface area contributed by atoms with Gasteiger partial charge in [-0.3, -0.25) is 10.3 Å². The molecule has 0 amide bonds. The maximum Gasteiger partial charge on any atom is 0.108 e. The summed E-state index contributed by atoms with van der Waals surface area (Å²) in [5, 5.41) is 9.94. The van der Waals surface area contributed by atoms with Crippen molar-refractivity contribution >= 4 is 12.7 Å². The van der Waals surface area contributed by atoms with Gasteiger partial charge in [0.25, 0.3) is 0 Å². The van der Waals surface area contributed by atoms with Crippen molar-refractivity contribution in [3.63, 3.8) is 0 Å². The third kappa shape index (κ3) is 4.92. The SMILES string of the molecule is C=C(NC=N/C=C\C)N(C=N)/C=C\C. The predicted molar refractivity (Wildman–Crippen MR) is 61.0 cm³/mol. The number of hydrogen-bond donors (Lipinski definition) is 2. The molecule has 4 heteroatoms. The van der Waals surface area contributed by atoms with Gasteiger partial charge in [-0.1, -0.05) is 18.7 Å². The van der Waals surface area contributed by atoms with Crippen molar-refractivity contribution in [3.05, 3.63) is 37.0 Å². The van der Waals surface area contributed by atoms with Gasteiger partial charge in [0.05, 0.1) is 12.7 Å². The summed E-state index contributed by atoms with van der Waals surface area (Å²) < 4.78 is 0. The van der Waals surface area contributed by atoms with Crippen molar-refractivity contribution in [1.29, 1.82) is 5.41 Å². The molecule has 4 nitrogen and oxygen atoms in total. The van der Waals surface area contributed by atoms with Crippen LogP contribution in [0.25, 0.3) is 0 Å². The number of nitrogens with one attached hydrogen (secondary N) is 2. The molecule has 0 unspecified atom stereocenters. The minimum absolute atomic E-state index is 0.575. The molecular weight excluding hydrogens is 176 g/mol. The molecule has 0 aliphatic carbocycles. The van der Waals surface area contributed by atoms with E-state index in [0.717, 1.165) is 0 Å². The Bertz CT molecular complexity index is 263. The van der Waals surface area contributed by atoms with E-state index in [1.165, 1.54) is 12.7 Å². The van der Waals surface area contributed by atoms with Gasteiger partial charge in [0.15, 0.2) is 0 Å². The van der Waals surface area contributed by atoms with Crippen molar-refractivity contribution in [2.45, 2.75) is 13.8 Å². The van der Waals surface area contributed by atoms with Crippen LogP contribution in [0.1, 0.15) is 13.8 Å². The molecule has 0 fully saturated rings. The molecule has 0 saturated heterocycles. The van der Waals surface area contributed by atoms with Gasteiger partial charge in [-0.05, 0) is 13.8 Å². The maximum atomic E-state index is 7.10. The molecule has 0 aromatic carbocycles. The number of rotatable bonds is 6. The molecule has 76 valence electrons. The van der Waals surface area contributed by atoms with Crippen LogP contribution in [-0.4, -0.2) is 17.6 Å². The molecule has 14 heavy (non-hydrogen) atoms. The number of hydrogen-bond acceptors (Lipinski definition) is 2. The first kappa shape index (κ1) is 12.2. The molecule has 0 aromatic heterocycles. The van der Waals surface area contributed by atoms with Gasteiger partial charge < -0.3 is 5.32 Å². The van der Waals surface area contributed by atoms with Crippen LogP contribution >= 0.6 is 0 Å². The molecule has 0 heterocycles. The van der Waals surface area contributed by atoms with E-state index >= 15 is 0 Å². The van der Waals surface area contributed by atoms with Crippen LogP contribution in [0.2, 0.25) is 0 Å². The van der Waals surface area contributed by atoms with Gasteiger partial charge in [0.2, 0.25) is 0 Å². The average Bonchev–Trinajstić information content (AvgIpc) is 2.20. The fourth-order valence-corrected chi connectivity index (χ4v) is 0.687. The Kier molecular flexibility index (Phi) is 6.77. The van der Waals surface area contributed by atoms with Crippen LogP contribution in [0.5, 0.6) is 0 Å².